The van der Waals surface area contributed by atoms with Gasteiger partial charge in [0.25, 0.3) is 0 Å². The largest absolute Gasteiger partial charge is 0.508 e. The van der Waals surface area contributed by atoms with Crippen molar-refractivity contribution in [3.63, 3.8) is 0 Å². The molecule has 0 aromatic heterocycles. The lowest BCUT2D eigenvalue weighted by molar-refractivity contribution is 0.470. The zero-order valence-electron chi connectivity index (χ0n) is 7.83. The summed E-state index contributed by atoms with van der Waals surface area (Å²) in [5, 5.41) is 9.42. The summed E-state index contributed by atoms with van der Waals surface area (Å²) in [4.78, 5) is 0. The predicted molar refractivity (Wildman–Crippen MR) is 55.8 cm³/mol. The molecule has 0 bridgehead atoms. The third-order valence-electron chi connectivity index (χ3n) is 1.73. The predicted octanol–water partition coefficient (Wildman–Crippen LogP) is 3.07. The van der Waals surface area contributed by atoms with Gasteiger partial charge in [-0.2, -0.15) is 0 Å². The summed E-state index contributed by atoms with van der Waals surface area (Å²) in [6.07, 6.45) is 4.70. The molecule has 0 aliphatic heterocycles. The first kappa shape index (κ1) is 9.59. The molecule has 0 heterocycles. The molecule has 0 aliphatic carbocycles. The second kappa shape index (κ2) is 4.51. The minimum atomic E-state index is 0.355. The SMILES string of the molecule is C=C(C)C=CCc1ccccc1O. The van der Waals surface area contributed by atoms with Crippen LogP contribution in [0.1, 0.15) is 12.5 Å². The number of phenols is 1. The normalized spacial score (nSPS) is 10.5. The number of aromatic hydroxyl groups is 1. The number of phenolic OH excluding ortho intramolecular Hbond substituents is 1. The van der Waals surface area contributed by atoms with Gasteiger partial charge in [-0.3, -0.25) is 0 Å². The fourth-order valence-corrected chi connectivity index (χ4v) is 1.07. The molecule has 1 N–H and O–H groups in total. The fraction of sp³-hybridized carbons (Fsp3) is 0.167. The van der Waals surface area contributed by atoms with Crippen LogP contribution in [-0.2, 0) is 6.42 Å². The third-order valence-corrected chi connectivity index (χ3v) is 1.73. The van der Waals surface area contributed by atoms with Crippen LogP contribution < -0.4 is 0 Å². The van der Waals surface area contributed by atoms with Crippen LogP contribution in [-0.4, -0.2) is 5.11 Å². The maximum atomic E-state index is 9.42. The van der Waals surface area contributed by atoms with E-state index in [4.69, 9.17) is 0 Å². The van der Waals surface area contributed by atoms with Crippen molar-refractivity contribution in [3.05, 3.63) is 54.1 Å². The number of hydrogen-bond donors (Lipinski definition) is 1. The molecule has 0 aliphatic rings. The van der Waals surface area contributed by atoms with Crippen molar-refractivity contribution in [1.29, 1.82) is 0 Å². The van der Waals surface area contributed by atoms with Crippen molar-refractivity contribution in [1.82, 2.24) is 0 Å². The van der Waals surface area contributed by atoms with Crippen molar-refractivity contribution < 1.29 is 5.11 Å². The highest BCUT2D eigenvalue weighted by atomic mass is 16.3. The molecule has 1 heteroatoms. The van der Waals surface area contributed by atoms with Crippen LogP contribution in [0.5, 0.6) is 5.75 Å². The first-order chi connectivity index (χ1) is 6.20. The molecule has 13 heavy (non-hydrogen) atoms. The lowest BCUT2D eigenvalue weighted by atomic mass is 10.1. The second-order valence-electron chi connectivity index (χ2n) is 3.08. The average molecular weight is 174 g/mol. The molecule has 0 atom stereocenters. The van der Waals surface area contributed by atoms with Crippen LogP contribution in [0.3, 0.4) is 0 Å². The Morgan fingerprint density at radius 1 is 1.46 bits per heavy atom. The zero-order chi connectivity index (χ0) is 9.68. The summed E-state index contributed by atoms with van der Waals surface area (Å²) in [6, 6.07) is 7.35. The molecule has 1 nitrogen and oxygen atoms in total. The van der Waals surface area contributed by atoms with Crippen LogP contribution in [0.2, 0.25) is 0 Å². The minimum Gasteiger partial charge on any atom is -0.508 e. The molecule has 0 saturated heterocycles. The smallest absolute Gasteiger partial charge is 0.119 e. The summed E-state index contributed by atoms with van der Waals surface area (Å²) in [7, 11) is 0. The van der Waals surface area contributed by atoms with E-state index in [1.807, 2.05) is 37.3 Å². The molecule has 1 aromatic rings. The highest BCUT2D eigenvalue weighted by Crippen LogP contribution is 2.16. The summed E-state index contributed by atoms with van der Waals surface area (Å²) in [5.41, 5.74) is 1.97. The third kappa shape index (κ3) is 3.16. The van der Waals surface area contributed by atoms with Gasteiger partial charge in [-0.05, 0) is 25.0 Å². The molecule has 0 unspecified atom stereocenters. The number of rotatable bonds is 3. The number of benzene rings is 1. The zero-order valence-corrected chi connectivity index (χ0v) is 7.83. The summed E-state index contributed by atoms with van der Waals surface area (Å²) < 4.78 is 0. The maximum absolute atomic E-state index is 9.42. The molecular weight excluding hydrogens is 160 g/mol. The molecule has 1 rings (SSSR count). The highest BCUT2D eigenvalue weighted by Gasteiger charge is 1.94. The van der Waals surface area contributed by atoms with Crippen LogP contribution in [0, 0.1) is 0 Å². The van der Waals surface area contributed by atoms with E-state index in [1.165, 1.54) is 0 Å². The first-order valence-corrected chi connectivity index (χ1v) is 4.29. The summed E-state index contributed by atoms with van der Waals surface area (Å²) in [6.45, 7) is 5.71. The van der Waals surface area contributed by atoms with Gasteiger partial charge in [0.1, 0.15) is 5.75 Å². The molecule has 0 spiro atoms. The molecule has 68 valence electrons. The van der Waals surface area contributed by atoms with Gasteiger partial charge in [-0.25, -0.2) is 0 Å². The van der Waals surface area contributed by atoms with Gasteiger partial charge in [0, 0.05) is 0 Å². The molecule has 0 amide bonds. The minimum absolute atomic E-state index is 0.355. The highest BCUT2D eigenvalue weighted by molar-refractivity contribution is 5.33. The monoisotopic (exact) mass is 174 g/mol. The molecule has 0 radical (unpaired) electrons. The van der Waals surface area contributed by atoms with Gasteiger partial charge < -0.3 is 5.11 Å². The van der Waals surface area contributed by atoms with E-state index in [0.29, 0.717) is 5.75 Å². The van der Waals surface area contributed by atoms with E-state index < -0.39 is 0 Å². The van der Waals surface area contributed by atoms with Gasteiger partial charge in [-0.1, -0.05) is 42.5 Å². The Morgan fingerprint density at radius 3 is 2.77 bits per heavy atom. The topological polar surface area (TPSA) is 20.2 Å². The van der Waals surface area contributed by atoms with E-state index in [1.54, 1.807) is 6.07 Å². The Kier molecular flexibility index (Phi) is 3.32. The Balaban J connectivity index is 2.64. The van der Waals surface area contributed by atoms with Gasteiger partial charge in [-0.15, -0.1) is 0 Å². The van der Waals surface area contributed by atoms with Gasteiger partial charge >= 0.3 is 0 Å². The Hall–Kier alpha value is -1.50. The van der Waals surface area contributed by atoms with Crippen LogP contribution in [0.25, 0.3) is 0 Å². The average Bonchev–Trinajstić information content (AvgIpc) is 2.08. The van der Waals surface area contributed by atoms with Crippen molar-refractivity contribution in [2.24, 2.45) is 0 Å². The standard InChI is InChI=1S/C12H14O/c1-10(2)6-5-8-11-7-3-4-9-12(11)13/h3-7,9,13H,1,8H2,2H3. The van der Waals surface area contributed by atoms with Crippen molar-refractivity contribution in [3.8, 4) is 5.75 Å². The first-order valence-electron chi connectivity index (χ1n) is 4.29. The summed E-state index contributed by atoms with van der Waals surface area (Å²) >= 11 is 0. The number of hydrogen-bond acceptors (Lipinski definition) is 1. The van der Waals surface area contributed by atoms with E-state index >= 15 is 0 Å². The Bertz CT molecular complexity index is 324. The van der Waals surface area contributed by atoms with Crippen molar-refractivity contribution >= 4 is 0 Å². The van der Waals surface area contributed by atoms with Gasteiger partial charge in [0.2, 0.25) is 0 Å². The van der Waals surface area contributed by atoms with Crippen LogP contribution >= 0.6 is 0 Å². The second-order valence-corrected chi connectivity index (χ2v) is 3.08. The van der Waals surface area contributed by atoms with Crippen molar-refractivity contribution in [2.45, 2.75) is 13.3 Å². The number of para-hydroxylation sites is 1. The fourth-order valence-electron chi connectivity index (χ4n) is 1.07. The lowest BCUT2D eigenvalue weighted by Gasteiger charge is -1.99. The molecule has 1 aromatic carbocycles. The van der Waals surface area contributed by atoms with Crippen LogP contribution in [0.15, 0.2) is 48.6 Å². The maximum Gasteiger partial charge on any atom is 0.119 e. The quantitative estimate of drug-likeness (QED) is 0.698. The van der Waals surface area contributed by atoms with Gasteiger partial charge in [0.05, 0.1) is 0 Å². The lowest BCUT2D eigenvalue weighted by Crippen LogP contribution is -1.80. The molecule has 0 saturated carbocycles. The van der Waals surface area contributed by atoms with E-state index in [9.17, 15) is 5.11 Å². The molecular formula is C12H14O. The Morgan fingerprint density at radius 2 is 2.15 bits per heavy atom. The van der Waals surface area contributed by atoms with Crippen molar-refractivity contribution in [2.75, 3.05) is 0 Å². The Labute approximate surface area is 79.0 Å². The van der Waals surface area contributed by atoms with E-state index in [0.717, 1.165) is 17.6 Å². The molecule has 0 fully saturated rings. The number of allylic oxidation sites excluding steroid dienone is 3. The van der Waals surface area contributed by atoms with Crippen LogP contribution in [0.4, 0.5) is 0 Å². The summed E-state index contributed by atoms with van der Waals surface area (Å²) in [5.74, 6) is 0.355. The van der Waals surface area contributed by atoms with Gasteiger partial charge in [0.15, 0.2) is 0 Å². The van der Waals surface area contributed by atoms with E-state index in [-0.39, 0.29) is 0 Å². The van der Waals surface area contributed by atoms with E-state index in [2.05, 4.69) is 6.58 Å².